The third-order valence-electron chi connectivity index (χ3n) is 7.18. The van der Waals surface area contributed by atoms with Gasteiger partial charge in [0.1, 0.15) is 35.0 Å². The van der Waals surface area contributed by atoms with Gasteiger partial charge >= 0.3 is 5.69 Å². The number of hydrogen-bond donors (Lipinski definition) is 1. The van der Waals surface area contributed by atoms with Crippen molar-refractivity contribution < 1.29 is 9.53 Å². The summed E-state index contributed by atoms with van der Waals surface area (Å²) in [6.45, 7) is 0.835. The Kier molecular flexibility index (Phi) is 6.32. The fourth-order valence-corrected chi connectivity index (χ4v) is 5.10. The maximum Gasteiger partial charge on any atom is 0.335 e. The van der Waals surface area contributed by atoms with Gasteiger partial charge in [0.25, 0.3) is 5.91 Å². The predicted molar refractivity (Wildman–Crippen MR) is 145 cm³/mol. The second kappa shape index (κ2) is 10.1. The van der Waals surface area contributed by atoms with E-state index in [1.54, 1.807) is 39.8 Å². The number of para-hydroxylation sites is 1. The van der Waals surface area contributed by atoms with Gasteiger partial charge in [-0.1, -0.05) is 24.3 Å². The molecule has 196 valence electrons. The number of piperidine rings is 1. The molecule has 2 N–H and O–H groups in total. The van der Waals surface area contributed by atoms with Crippen LogP contribution in [-0.4, -0.2) is 43.0 Å². The lowest BCUT2D eigenvalue weighted by molar-refractivity contribution is -0.128. The average molecular weight is 522 g/mol. The van der Waals surface area contributed by atoms with Crippen LogP contribution in [0, 0.1) is 17.2 Å². The van der Waals surface area contributed by atoms with E-state index < -0.39 is 0 Å². The highest BCUT2D eigenvalue weighted by molar-refractivity contribution is 5.97. The number of ether oxygens (including phenoxy) is 1. The van der Waals surface area contributed by atoms with Crippen LogP contribution in [0.1, 0.15) is 31.7 Å². The zero-order chi connectivity index (χ0) is 26.9. The van der Waals surface area contributed by atoms with Gasteiger partial charge < -0.3 is 15.4 Å². The molecule has 6 rings (SSSR count). The third-order valence-corrected chi connectivity index (χ3v) is 7.18. The van der Waals surface area contributed by atoms with Crippen LogP contribution in [0.4, 0.5) is 5.82 Å². The normalized spacial score (nSPS) is 17.7. The van der Waals surface area contributed by atoms with Gasteiger partial charge in [-0.3, -0.25) is 13.9 Å². The van der Waals surface area contributed by atoms with E-state index in [0.717, 1.165) is 12.8 Å². The Labute approximate surface area is 224 Å². The van der Waals surface area contributed by atoms with E-state index in [1.165, 1.54) is 10.9 Å². The number of nitrogens with zero attached hydrogens (tertiary/aromatic N) is 6. The lowest BCUT2D eigenvalue weighted by atomic mass is 10.0. The van der Waals surface area contributed by atoms with Crippen molar-refractivity contribution in [2.45, 2.75) is 31.7 Å². The molecule has 0 spiro atoms. The summed E-state index contributed by atoms with van der Waals surface area (Å²) in [4.78, 5) is 37.3. The minimum Gasteiger partial charge on any atom is -0.457 e. The molecule has 1 amide bonds. The second-order valence-corrected chi connectivity index (χ2v) is 9.90. The van der Waals surface area contributed by atoms with E-state index in [2.05, 4.69) is 16.0 Å². The summed E-state index contributed by atoms with van der Waals surface area (Å²) >= 11 is 0. The number of nitrogen functional groups attached to an aromatic ring is 1. The van der Waals surface area contributed by atoms with Crippen molar-refractivity contribution in [1.29, 1.82) is 5.26 Å². The molecule has 2 aliphatic rings. The first-order valence-corrected chi connectivity index (χ1v) is 13.0. The molecule has 10 nitrogen and oxygen atoms in total. The first-order valence-electron chi connectivity index (χ1n) is 13.0. The molecule has 1 atom stereocenters. The topological polar surface area (TPSA) is 132 Å². The number of benzene rings is 2. The first kappa shape index (κ1) is 24.4. The SMILES string of the molecule is N#CC(=CC1CC1)C(=O)N1CCCC(n2c(=O)n(-c3ccc(Oc4ccccc4)cc3)c3c(N)ncnc32)C1. The number of fused-ring (bicyclic) bond motifs is 1. The van der Waals surface area contributed by atoms with E-state index in [0.29, 0.717) is 60.2 Å². The Hall–Kier alpha value is -4.91. The van der Waals surface area contributed by atoms with Gasteiger partial charge in [-0.2, -0.15) is 5.26 Å². The number of carbonyl (C=O) groups excluding carboxylic acids is 1. The highest BCUT2D eigenvalue weighted by atomic mass is 16.5. The zero-order valence-corrected chi connectivity index (χ0v) is 21.2. The fourth-order valence-electron chi connectivity index (χ4n) is 5.10. The highest BCUT2D eigenvalue weighted by Gasteiger charge is 2.32. The quantitative estimate of drug-likeness (QED) is 0.300. The number of anilines is 1. The van der Waals surface area contributed by atoms with E-state index in [1.807, 2.05) is 30.3 Å². The second-order valence-electron chi connectivity index (χ2n) is 9.90. The molecule has 1 saturated carbocycles. The minimum atomic E-state index is -0.324. The molecule has 2 fully saturated rings. The molecular formula is C29H27N7O3. The lowest BCUT2D eigenvalue weighted by Gasteiger charge is -2.33. The van der Waals surface area contributed by atoms with Gasteiger partial charge in [-0.25, -0.2) is 14.8 Å². The number of nitrogens with two attached hydrogens (primary N) is 1. The van der Waals surface area contributed by atoms with Crippen molar-refractivity contribution in [2.24, 2.45) is 5.92 Å². The summed E-state index contributed by atoms with van der Waals surface area (Å²) in [7, 11) is 0. The maximum absolute atomic E-state index is 13.9. The number of rotatable bonds is 6. The molecule has 1 aliphatic carbocycles. The number of allylic oxidation sites excluding steroid dienone is 1. The van der Waals surface area contributed by atoms with Crippen molar-refractivity contribution in [1.82, 2.24) is 24.0 Å². The number of carbonyl (C=O) groups is 1. The standard InChI is InChI=1S/C29H27N7O3/c30-16-20(15-19-8-9-19)28(37)34-14-4-5-22(17-34)36-27-25(26(31)32-18-33-27)35(29(36)38)21-10-12-24(13-11-21)39-23-6-2-1-3-7-23/h1-3,6-7,10-13,15,18-19,22H,4-5,8-9,14,17H2,(H2,31,32,33). The van der Waals surface area contributed by atoms with E-state index in [-0.39, 0.29) is 29.0 Å². The molecule has 0 radical (unpaired) electrons. The van der Waals surface area contributed by atoms with Crippen LogP contribution in [0.25, 0.3) is 16.9 Å². The number of nitriles is 1. The van der Waals surface area contributed by atoms with Crippen LogP contribution in [0.2, 0.25) is 0 Å². The molecule has 2 aromatic heterocycles. The van der Waals surface area contributed by atoms with Gasteiger partial charge in [-0.15, -0.1) is 0 Å². The Bertz CT molecular complexity index is 1660. The van der Waals surface area contributed by atoms with Gasteiger partial charge in [0, 0.05) is 13.1 Å². The summed E-state index contributed by atoms with van der Waals surface area (Å²) in [5.41, 5.74) is 7.54. The zero-order valence-electron chi connectivity index (χ0n) is 21.2. The minimum absolute atomic E-state index is 0.178. The van der Waals surface area contributed by atoms with Crippen LogP contribution in [-0.2, 0) is 4.79 Å². The largest absolute Gasteiger partial charge is 0.457 e. The van der Waals surface area contributed by atoms with Crippen molar-refractivity contribution in [3.05, 3.63) is 83.1 Å². The van der Waals surface area contributed by atoms with Crippen molar-refractivity contribution in [3.8, 4) is 23.3 Å². The fraction of sp³-hybridized carbons (Fsp3) is 0.276. The molecule has 10 heteroatoms. The Morgan fingerprint density at radius 3 is 2.51 bits per heavy atom. The number of hydrogen-bond acceptors (Lipinski definition) is 7. The average Bonchev–Trinajstić information content (AvgIpc) is 3.73. The van der Waals surface area contributed by atoms with Gasteiger partial charge in [0.05, 0.1) is 11.7 Å². The summed E-state index contributed by atoms with van der Waals surface area (Å²) in [5, 5.41) is 9.57. The Balaban J connectivity index is 1.34. The van der Waals surface area contributed by atoms with Crippen LogP contribution < -0.4 is 16.2 Å². The number of likely N-dealkylation sites (tertiary alicyclic amines) is 1. The van der Waals surface area contributed by atoms with Crippen LogP contribution in [0.3, 0.4) is 0 Å². The van der Waals surface area contributed by atoms with Gasteiger partial charge in [0.15, 0.2) is 11.5 Å². The highest BCUT2D eigenvalue weighted by Crippen LogP contribution is 2.32. The predicted octanol–water partition coefficient (Wildman–Crippen LogP) is 3.98. The molecule has 39 heavy (non-hydrogen) atoms. The Morgan fingerprint density at radius 2 is 1.79 bits per heavy atom. The molecule has 1 saturated heterocycles. The smallest absolute Gasteiger partial charge is 0.335 e. The molecule has 0 bridgehead atoms. The monoisotopic (exact) mass is 521 g/mol. The summed E-state index contributed by atoms with van der Waals surface area (Å²) in [6, 6.07) is 18.3. The van der Waals surface area contributed by atoms with Gasteiger partial charge in [-0.05, 0) is 68.0 Å². The van der Waals surface area contributed by atoms with E-state index in [4.69, 9.17) is 10.5 Å². The lowest BCUT2D eigenvalue weighted by Crippen LogP contribution is -2.43. The van der Waals surface area contributed by atoms with Crippen molar-refractivity contribution in [3.63, 3.8) is 0 Å². The van der Waals surface area contributed by atoms with Crippen LogP contribution in [0.5, 0.6) is 11.5 Å². The first-order chi connectivity index (χ1) is 19.0. The third kappa shape index (κ3) is 4.75. The maximum atomic E-state index is 13.9. The molecular weight excluding hydrogens is 494 g/mol. The van der Waals surface area contributed by atoms with E-state index >= 15 is 0 Å². The number of aromatic nitrogens is 4. The summed E-state index contributed by atoms with van der Waals surface area (Å²) in [6.07, 6.45) is 6.53. The summed E-state index contributed by atoms with van der Waals surface area (Å²) in [5.74, 6) is 1.55. The summed E-state index contributed by atoms with van der Waals surface area (Å²) < 4.78 is 9.01. The number of amides is 1. The van der Waals surface area contributed by atoms with Gasteiger partial charge in [0.2, 0.25) is 0 Å². The van der Waals surface area contributed by atoms with Crippen molar-refractivity contribution in [2.75, 3.05) is 18.8 Å². The van der Waals surface area contributed by atoms with Crippen LogP contribution in [0.15, 0.2) is 77.4 Å². The molecule has 1 aliphatic heterocycles. The molecule has 1 unspecified atom stereocenters. The molecule has 4 aromatic rings. The van der Waals surface area contributed by atoms with Crippen LogP contribution >= 0.6 is 0 Å². The molecule has 3 heterocycles. The van der Waals surface area contributed by atoms with E-state index in [9.17, 15) is 14.9 Å². The van der Waals surface area contributed by atoms with Crippen molar-refractivity contribution >= 4 is 22.9 Å². The number of imidazole rings is 1. The molecule has 2 aromatic carbocycles. The Morgan fingerprint density at radius 1 is 1.05 bits per heavy atom.